The number of hydrogen-bond donors (Lipinski definition) is 0. The van der Waals surface area contributed by atoms with Gasteiger partial charge in [0.1, 0.15) is 0 Å². The molecule has 8 aromatic carbocycles. The topological polar surface area (TPSA) is 3.24 Å². The SMILES string of the molecule is CC1(C)c2ccccc2B(c2ccccc2)c2ccc3ccc4c(N(c5ccccc5)c5ccccc5)ccc5cc1c2c3c54. The Kier molecular flexibility index (Phi) is 5.71. The molecule has 212 valence electrons. The van der Waals surface area contributed by atoms with Gasteiger partial charge in [-0.05, 0) is 74.5 Å². The van der Waals surface area contributed by atoms with Crippen LogP contribution >= 0.6 is 0 Å². The van der Waals surface area contributed by atoms with Gasteiger partial charge in [0.05, 0.1) is 5.69 Å². The van der Waals surface area contributed by atoms with Crippen LogP contribution in [0.1, 0.15) is 25.0 Å². The quantitative estimate of drug-likeness (QED) is 0.150. The minimum Gasteiger partial charge on any atom is -0.310 e. The zero-order chi connectivity index (χ0) is 30.1. The second kappa shape index (κ2) is 9.84. The Hall–Kier alpha value is -5.34. The Morgan fingerprint density at radius 3 is 1.78 bits per heavy atom. The Bertz CT molecular complexity index is 2300. The van der Waals surface area contributed by atoms with Crippen molar-refractivity contribution in [2.45, 2.75) is 19.3 Å². The van der Waals surface area contributed by atoms with E-state index in [4.69, 9.17) is 0 Å². The molecule has 9 rings (SSSR count). The van der Waals surface area contributed by atoms with Gasteiger partial charge in [0, 0.05) is 22.2 Å². The van der Waals surface area contributed by atoms with Gasteiger partial charge in [-0.1, -0.05) is 152 Å². The molecule has 0 N–H and O–H groups in total. The molecule has 0 bridgehead atoms. The Balaban J connectivity index is 1.42. The highest BCUT2D eigenvalue weighted by Crippen LogP contribution is 2.47. The smallest absolute Gasteiger partial charge is 0.242 e. The van der Waals surface area contributed by atoms with Gasteiger partial charge in [-0.15, -0.1) is 0 Å². The van der Waals surface area contributed by atoms with Crippen LogP contribution in [0.2, 0.25) is 0 Å². The van der Waals surface area contributed by atoms with E-state index in [1.165, 1.54) is 65.5 Å². The van der Waals surface area contributed by atoms with Crippen LogP contribution in [0.5, 0.6) is 0 Å². The predicted octanol–water partition coefficient (Wildman–Crippen LogP) is 9.21. The molecule has 0 aromatic heterocycles. The zero-order valence-electron chi connectivity index (χ0n) is 25.5. The van der Waals surface area contributed by atoms with Gasteiger partial charge in [-0.3, -0.25) is 0 Å². The second-order valence-electron chi connectivity index (χ2n) is 12.9. The third-order valence-corrected chi connectivity index (χ3v) is 10.1. The van der Waals surface area contributed by atoms with Crippen molar-refractivity contribution in [2.75, 3.05) is 4.90 Å². The average molecular weight is 574 g/mol. The van der Waals surface area contributed by atoms with Crippen LogP contribution in [0, 0.1) is 0 Å². The Labute approximate surface area is 264 Å². The number of hydrogen-bond acceptors (Lipinski definition) is 1. The average Bonchev–Trinajstić information content (AvgIpc) is 3.17. The largest absolute Gasteiger partial charge is 0.310 e. The van der Waals surface area contributed by atoms with Gasteiger partial charge < -0.3 is 4.90 Å². The van der Waals surface area contributed by atoms with Gasteiger partial charge in [0.15, 0.2) is 0 Å². The van der Waals surface area contributed by atoms with Crippen molar-refractivity contribution in [1.82, 2.24) is 0 Å². The lowest BCUT2D eigenvalue weighted by molar-refractivity contribution is 0.653. The maximum absolute atomic E-state index is 2.50. The first kappa shape index (κ1) is 26.1. The molecule has 0 unspecified atom stereocenters. The van der Waals surface area contributed by atoms with Crippen molar-refractivity contribution in [3.8, 4) is 0 Å². The molecule has 45 heavy (non-hydrogen) atoms. The van der Waals surface area contributed by atoms with E-state index in [1.54, 1.807) is 0 Å². The fourth-order valence-electron chi connectivity index (χ4n) is 8.07. The summed E-state index contributed by atoms with van der Waals surface area (Å²) in [5.74, 6) is 0. The molecule has 2 heteroatoms. The van der Waals surface area contributed by atoms with Crippen LogP contribution in [0.25, 0.3) is 32.3 Å². The molecule has 1 aliphatic heterocycles. The fraction of sp³-hybridized carbons (Fsp3) is 0.0698. The number of nitrogens with zero attached hydrogens (tertiary/aromatic N) is 1. The molecule has 0 radical (unpaired) electrons. The van der Waals surface area contributed by atoms with E-state index < -0.39 is 0 Å². The molecule has 1 heterocycles. The molecule has 0 aliphatic carbocycles. The second-order valence-corrected chi connectivity index (χ2v) is 12.9. The molecule has 8 aromatic rings. The van der Waals surface area contributed by atoms with E-state index >= 15 is 0 Å². The van der Waals surface area contributed by atoms with Crippen molar-refractivity contribution < 1.29 is 0 Å². The highest BCUT2D eigenvalue weighted by Gasteiger charge is 2.38. The normalized spacial score (nSPS) is 13.7. The van der Waals surface area contributed by atoms with E-state index in [-0.39, 0.29) is 12.1 Å². The minimum atomic E-state index is -0.179. The number of para-hydroxylation sites is 2. The predicted molar refractivity (Wildman–Crippen MR) is 194 cm³/mol. The Morgan fingerprint density at radius 2 is 1.07 bits per heavy atom. The van der Waals surface area contributed by atoms with E-state index in [0.29, 0.717) is 0 Å². The lowest BCUT2D eigenvalue weighted by Crippen LogP contribution is -2.53. The standard InChI is InChI=1S/C43H32BN/c1-43(2)35-20-12-13-21-37(35)44(31-14-6-3-7-15-31)38-26-23-29-22-25-34-39(27-24-30-28-36(43)42(38)41(29)40(30)34)45(32-16-8-4-9-17-32)33-18-10-5-11-19-33/h3-28H,1-2H3. The molecular weight excluding hydrogens is 541 g/mol. The van der Waals surface area contributed by atoms with Crippen LogP contribution in [-0.2, 0) is 5.41 Å². The molecule has 0 fully saturated rings. The molecule has 1 nitrogen and oxygen atoms in total. The van der Waals surface area contributed by atoms with E-state index in [9.17, 15) is 0 Å². The summed E-state index contributed by atoms with van der Waals surface area (Å²) in [6.07, 6.45) is 0. The Morgan fingerprint density at radius 1 is 0.467 bits per heavy atom. The van der Waals surface area contributed by atoms with Crippen molar-refractivity contribution in [1.29, 1.82) is 0 Å². The third kappa shape index (κ3) is 3.82. The third-order valence-electron chi connectivity index (χ3n) is 10.1. The van der Waals surface area contributed by atoms with Crippen molar-refractivity contribution in [3.63, 3.8) is 0 Å². The summed E-state index contributed by atoms with van der Waals surface area (Å²) in [5.41, 5.74) is 10.3. The number of fused-ring (bicyclic) bond motifs is 1. The van der Waals surface area contributed by atoms with Crippen LogP contribution in [0.4, 0.5) is 17.1 Å². The van der Waals surface area contributed by atoms with Crippen molar-refractivity contribution in [3.05, 3.63) is 169 Å². The van der Waals surface area contributed by atoms with E-state index in [1.807, 2.05) is 0 Å². The molecule has 1 aliphatic rings. The highest BCUT2D eigenvalue weighted by atomic mass is 15.1. The zero-order valence-corrected chi connectivity index (χ0v) is 25.5. The summed E-state index contributed by atoms with van der Waals surface area (Å²) in [5, 5.41) is 7.99. The minimum absolute atomic E-state index is 0.150. The molecule has 0 spiro atoms. The van der Waals surface area contributed by atoms with Gasteiger partial charge in [-0.2, -0.15) is 0 Å². The van der Waals surface area contributed by atoms with Crippen LogP contribution in [0.3, 0.4) is 0 Å². The number of rotatable bonds is 4. The van der Waals surface area contributed by atoms with Crippen LogP contribution in [-0.4, -0.2) is 6.71 Å². The van der Waals surface area contributed by atoms with Crippen LogP contribution in [0.15, 0.2) is 158 Å². The van der Waals surface area contributed by atoms with Gasteiger partial charge in [0.25, 0.3) is 0 Å². The number of anilines is 3. The van der Waals surface area contributed by atoms with Gasteiger partial charge in [0.2, 0.25) is 6.71 Å². The van der Waals surface area contributed by atoms with Crippen molar-refractivity contribution >= 4 is 72.5 Å². The first-order valence-corrected chi connectivity index (χ1v) is 15.9. The highest BCUT2D eigenvalue weighted by molar-refractivity contribution is 6.97. The molecule has 0 saturated carbocycles. The summed E-state index contributed by atoms with van der Waals surface area (Å²) in [6, 6.07) is 58.3. The summed E-state index contributed by atoms with van der Waals surface area (Å²) < 4.78 is 0. The monoisotopic (exact) mass is 573 g/mol. The first-order valence-electron chi connectivity index (χ1n) is 15.9. The van der Waals surface area contributed by atoms with Crippen LogP contribution < -0.4 is 21.3 Å². The molecular formula is C43H32BN. The number of benzene rings is 8. The maximum atomic E-state index is 2.50. The van der Waals surface area contributed by atoms with Gasteiger partial charge >= 0.3 is 0 Å². The van der Waals surface area contributed by atoms with Gasteiger partial charge in [-0.25, -0.2) is 0 Å². The van der Waals surface area contributed by atoms with Crippen molar-refractivity contribution in [2.24, 2.45) is 0 Å². The summed E-state index contributed by atoms with van der Waals surface area (Å²) >= 11 is 0. The fourth-order valence-corrected chi connectivity index (χ4v) is 8.07. The summed E-state index contributed by atoms with van der Waals surface area (Å²) in [4.78, 5) is 2.40. The molecule has 0 amide bonds. The maximum Gasteiger partial charge on any atom is 0.242 e. The summed E-state index contributed by atoms with van der Waals surface area (Å²) in [7, 11) is 0. The van der Waals surface area contributed by atoms with E-state index in [0.717, 1.165) is 11.4 Å². The van der Waals surface area contributed by atoms with E-state index in [2.05, 4.69) is 176 Å². The molecule has 0 saturated heterocycles. The summed E-state index contributed by atoms with van der Waals surface area (Å²) in [6.45, 7) is 4.98. The first-order chi connectivity index (χ1) is 22.1. The lowest BCUT2D eigenvalue weighted by Gasteiger charge is -2.31. The lowest BCUT2D eigenvalue weighted by atomic mass is 9.36. The molecule has 0 atom stereocenters.